The number of hydrogen-bond donors (Lipinski definition) is 2. The maximum absolute atomic E-state index is 6.24. The highest BCUT2D eigenvalue weighted by molar-refractivity contribution is 7.99. The normalized spacial score (nSPS) is 10.5. The topological polar surface area (TPSA) is 33.3 Å². The van der Waals surface area contributed by atoms with Gasteiger partial charge in [-0.1, -0.05) is 29.6 Å². The van der Waals surface area contributed by atoms with Crippen molar-refractivity contribution in [3.05, 3.63) is 47.0 Å². The van der Waals surface area contributed by atoms with E-state index in [2.05, 4.69) is 9.44 Å². The second-order valence-corrected chi connectivity index (χ2v) is 6.41. The van der Waals surface area contributed by atoms with E-state index in [0.717, 1.165) is 21.9 Å². The standard InChI is InChI=1S/C15H17ClN2OS2/c1-10-4-7-14(12(16)8-10)19-15-9-11(21-17-2)5-6-13(15)18-20-3/h4-9,17-18H,1-3H3. The fourth-order valence-electron chi connectivity index (χ4n) is 1.77. The van der Waals surface area contributed by atoms with Crippen LogP contribution in [0.15, 0.2) is 41.3 Å². The maximum atomic E-state index is 6.24. The number of aryl methyl sites for hydroxylation is 1. The Kier molecular flexibility index (Phi) is 6.11. The van der Waals surface area contributed by atoms with E-state index in [1.54, 1.807) is 0 Å². The summed E-state index contributed by atoms with van der Waals surface area (Å²) in [6.45, 7) is 2.00. The molecule has 21 heavy (non-hydrogen) atoms. The lowest BCUT2D eigenvalue weighted by atomic mass is 10.2. The van der Waals surface area contributed by atoms with E-state index in [4.69, 9.17) is 16.3 Å². The van der Waals surface area contributed by atoms with Crippen LogP contribution in [-0.2, 0) is 0 Å². The van der Waals surface area contributed by atoms with Gasteiger partial charge in [0, 0.05) is 11.2 Å². The third kappa shape index (κ3) is 4.48. The Balaban J connectivity index is 2.33. The van der Waals surface area contributed by atoms with Gasteiger partial charge in [0.05, 0.1) is 10.7 Å². The van der Waals surface area contributed by atoms with Crippen molar-refractivity contribution in [2.45, 2.75) is 11.8 Å². The molecule has 0 amide bonds. The first-order valence-electron chi connectivity index (χ1n) is 6.34. The van der Waals surface area contributed by atoms with Gasteiger partial charge >= 0.3 is 0 Å². The Bertz CT molecular complexity index is 623. The van der Waals surface area contributed by atoms with Crippen LogP contribution in [-0.4, -0.2) is 13.3 Å². The molecule has 0 radical (unpaired) electrons. The van der Waals surface area contributed by atoms with Crippen molar-refractivity contribution in [1.29, 1.82) is 0 Å². The van der Waals surface area contributed by atoms with Crippen molar-refractivity contribution in [1.82, 2.24) is 4.72 Å². The van der Waals surface area contributed by atoms with E-state index >= 15 is 0 Å². The number of halogens is 1. The summed E-state index contributed by atoms with van der Waals surface area (Å²) in [7, 11) is 1.89. The van der Waals surface area contributed by atoms with Crippen LogP contribution in [0.3, 0.4) is 0 Å². The van der Waals surface area contributed by atoms with Gasteiger partial charge < -0.3 is 9.46 Å². The van der Waals surface area contributed by atoms with Gasteiger partial charge in [0.25, 0.3) is 0 Å². The predicted molar refractivity (Wildman–Crippen MR) is 94.8 cm³/mol. The minimum absolute atomic E-state index is 0.608. The van der Waals surface area contributed by atoms with Crippen LogP contribution in [0.2, 0.25) is 5.02 Å². The van der Waals surface area contributed by atoms with Gasteiger partial charge in [-0.25, -0.2) is 0 Å². The third-order valence-corrected chi connectivity index (χ3v) is 4.11. The van der Waals surface area contributed by atoms with Crippen molar-refractivity contribution < 1.29 is 4.74 Å². The van der Waals surface area contributed by atoms with Gasteiger partial charge in [-0.3, -0.25) is 4.72 Å². The molecule has 0 bridgehead atoms. The highest BCUT2D eigenvalue weighted by Gasteiger charge is 2.09. The van der Waals surface area contributed by atoms with Crippen LogP contribution in [0.25, 0.3) is 0 Å². The van der Waals surface area contributed by atoms with Crippen LogP contribution in [0.5, 0.6) is 11.5 Å². The Labute approximate surface area is 139 Å². The van der Waals surface area contributed by atoms with Gasteiger partial charge in [0.2, 0.25) is 0 Å². The molecular weight excluding hydrogens is 324 g/mol. The van der Waals surface area contributed by atoms with Crippen LogP contribution in [0, 0.1) is 6.92 Å². The SMILES string of the molecule is CNSc1ccc(NSC)c(Oc2ccc(C)cc2Cl)c1. The van der Waals surface area contributed by atoms with Crippen molar-refractivity contribution in [2.24, 2.45) is 0 Å². The second-order valence-electron chi connectivity index (χ2n) is 4.31. The minimum atomic E-state index is 0.608. The fraction of sp³-hybridized carbons (Fsp3) is 0.200. The first-order chi connectivity index (χ1) is 10.1. The molecule has 0 saturated carbocycles. The van der Waals surface area contributed by atoms with E-state index in [1.807, 2.05) is 56.6 Å². The lowest BCUT2D eigenvalue weighted by molar-refractivity contribution is 0.484. The number of anilines is 1. The van der Waals surface area contributed by atoms with Gasteiger partial charge in [-0.2, -0.15) is 0 Å². The quantitative estimate of drug-likeness (QED) is 0.692. The van der Waals surface area contributed by atoms with Crippen molar-refractivity contribution in [2.75, 3.05) is 18.0 Å². The van der Waals surface area contributed by atoms with Gasteiger partial charge in [-0.15, -0.1) is 0 Å². The number of rotatable bonds is 6. The molecule has 2 aromatic carbocycles. The monoisotopic (exact) mass is 340 g/mol. The summed E-state index contributed by atoms with van der Waals surface area (Å²) in [5.41, 5.74) is 2.02. The van der Waals surface area contributed by atoms with Gasteiger partial charge in [0.1, 0.15) is 5.75 Å². The summed E-state index contributed by atoms with van der Waals surface area (Å²) < 4.78 is 12.3. The van der Waals surface area contributed by atoms with Crippen LogP contribution in [0.4, 0.5) is 5.69 Å². The van der Waals surface area contributed by atoms with Crippen LogP contribution < -0.4 is 14.2 Å². The largest absolute Gasteiger partial charge is 0.454 e. The fourth-order valence-corrected chi connectivity index (χ4v) is 2.97. The molecule has 0 aromatic heterocycles. The predicted octanol–water partition coefficient (Wildman–Crippen LogP) is 5.36. The van der Waals surface area contributed by atoms with E-state index in [-0.39, 0.29) is 0 Å². The molecule has 2 aromatic rings. The van der Waals surface area contributed by atoms with Crippen LogP contribution in [0.1, 0.15) is 5.56 Å². The number of ether oxygens (including phenoxy) is 1. The molecule has 2 N–H and O–H groups in total. The van der Waals surface area contributed by atoms with E-state index in [9.17, 15) is 0 Å². The summed E-state index contributed by atoms with van der Waals surface area (Å²) in [5.74, 6) is 1.40. The zero-order valence-corrected chi connectivity index (χ0v) is 14.5. The molecule has 0 spiro atoms. The molecule has 0 aliphatic heterocycles. The highest BCUT2D eigenvalue weighted by atomic mass is 35.5. The van der Waals surface area contributed by atoms with Gasteiger partial charge in [-0.05, 0) is 61.8 Å². The first-order valence-corrected chi connectivity index (χ1v) is 8.76. The smallest absolute Gasteiger partial charge is 0.152 e. The average molecular weight is 341 g/mol. The first kappa shape index (κ1) is 16.4. The molecule has 3 nitrogen and oxygen atoms in total. The van der Waals surface area contributed by atoms with E-state index < -0.39 is 0 Å². The molecule has 0 aliphatic rings. The summed E-state index contributed by atoms with van der Waals surface area (Å²) in [6, 6.07) is 11.8. The molecule has 0 heterocycles. The summed E-state index contributed by atoms with van der Waals surface area (Å²) in [6.07, 6.45) is 1.97. The Morgan fingerprint density at radius 1 is 1.10 bits per heavy atom. The number of hydrogen-bond acceptors (Lipinski definition) is 5. The molecular formula is C15H17ClN2OS2. The highest BCUT2D eigenvalue weighted by Crippen LogP contribution is 2.37. The molecule has 0 unspecified atom stereocenters. The zero-order chi connectivity index (χ0) is 15.2. The lowest BCUT2D eigenvalue weighted by Gasteiger charge is -2.14. The van der Waals surface area contributed by atoms with Crippen molar-refractivity contribution in [3.63, 3.8) is 0 Å². The minimum Gasteiger partial charge on any atom is -0.454 e. The zero-order valence-electron chi connectivity index (χ0n) is 12.1. The molecule has 2 rings (SSSR count). The summed E-state index contributed by atoms with van der Waals surface area (Å²) in [5, 5.41) is 0.608. The van der Waals surface area contributed by atoms with Crippen molar-refractivity contribution in [3.8, 4) is 11.5 Å². The van der Waals surface area contributed by atoms with Crippen molar-refractivity contribution >= 4 is 41.2 Å². The molecule has 0 aliphatic carbocycles. The Morgan fingerprint density at radius 2 is 1.90 bits per heavy atom. The average Bonchev–Trinajstić information content (AvgIpc) is 2.45. The third-order valence-electron chi connectivity index (χ3n) is 2.69. The molecule has 112 valence electrons. The molecule has 6 heteroatoms. The lowest BCUT2D eigenvalue weighted by Crippen LogP contribution is -1.95. The number of benzene rings is 2. The van der Waals surface area contributed by atoms with Crippen LogP contribution >= 0.6 is 35.5 Å². The second kappa shape index (κ2) is 7.84. The summed E-state index contributed by atoms with van der Waals surface area (Å²) in [4.78, 5) is 1.07. The van der Waals surface area contributed by atoms with E-state index in [0.29, 0.717) is 10.8 Å². The van der Waals surface area contributed by atoms with Gasteiger partial charge in [0.15, 0.2) is 5.75 Å². The maximum Gasteiger partial charge on any atom is 0.152 e. The van der Waals surface area contributed by atoms with E-state index in [1.165, 1.54) is 23.9 Å². The number of nitrogens with one attached hydrogen (secondary N) is 2. The molecule has 0 fully saturated rings. The Hall–Kier alpha value is -1.01. The summed E-state index contributed by atoms with van der Waals surface area (Å²) >= 11 is 9.30. The molecule has 0 atom stereocenters. The molecule has 0 saturated heterocycles. The Morgan fingerprint density at radius 3 is 2.57 bits per heavy atom.